The van der Waals surface area contributed by atoms with Crippen molar-refractivity contribution in [1.29, 1.82) is 0 Å². The minimum absolute atomic E-state index is 0.0373. The van der Waals surface area contributed by atoms with Gasteiger partial charge < -0.3 is 10.4 Å². The van der Waals surface area contributed by atoms with E-state index >= 15 is 0 Å². The molecule has 3 N–H and O–H groups in total. The third-order valence-corrected chi connectivity index (χ3v) is 4.48. The molecular weight excluding hydrogens is 270 g/mol. The van der Waals surface area contributed by atoms with Gasteiger partial charge in [0.15, 0.2) is 0 Å². The van der Waals surface area contributed by atoms with Gasteiger partial charge in [-0.15, -0.1) is 0 Å². The molecule has 0 bridgehead atoms. The maximum Gasteiger partial charge on any atom is 0.321 e. The number of amides is 3. The first kappa shape index (κ1) is 16.2. The third-order valence-electron chi connectivity index (χ3n) is 4.48. The van der Waals surface area contributed by atoms with Gasteiger partial charge in [-0.3, -0.25) is 15.0 Å². The van der Waals surface area contributed by atoms with E-state index < -0.39 is 6.03 Å². The standard InChI is InChI=1S/C15H27N3O3/c1-11-4-2-3-5-13(11)16-15(21)17-14(20)10-18(8-9-19)12-6-7-12/h11-13,19H,2-10H2,1H3,(H2,16,17,20,21). The molecule has 6 nitrogen and oxygen atoms in total. The molecule has 0 aromatic heterocycles. The van der Waals surface area contributed by atoms with Crippen LogP contribution in [-0.4, -0.2) is 53.7 Å². The molecule has 3 amide bonds. The average Bonchev–Trinajstić information content (AvgIpc) is 3.25. The van der Waals surface area contributed by atoms with Crippen LogP contribution in [0.5, 0.6) is 0 Å². The topological polar surface area (TPSA) is 81.7 Å². The van der Waals surface area contributed by atoms with E-state index in [1.165, 1.54) is 6.42 Å². The lowest BCUT2D eigenvalue weighted by Gasteiger charge is -2.29. The zero-order chi connectivity index (χ0) is 15.2. The van der Waals surface area contributed by atoms with Crippen LogP contribution in [0.25, 0.3) is 0 Å². The predicted molar refractivity (Wildman–Crippen MR) is 79.8 cm³/mol. The van der Waals surface area contributed by atoms with E-state index in [-0.39, 0.29) is 25.1 Å². The quantitative estimate of drug-likeness (QED) is 0.679. The van der Waals surface area contributed by atoms with Gasteiger partial charge in [0, 0.05) is 18.6 Å². The molecular formula is C15H27N3O3. The van der Waals surface area contributed by atoms with Crippen LogP contribution in [0.3, 0.4) is 0 Å². The maximum atomic E-state index is 11.9. The fourth-order valence-corrected chi connectivity index (χ4v) is 3.04. The highest BCUT2D eigenvalue weighted by atomic mass is 16.3. The Labute approximate surface area is 126 Å². The molecule has 2 atom stereocenters. The highest BCUT2D eigenvalue weighted by molar-refractivity contribution is 5.95. The first-order valence-electron chi connectivity index (χ1n) is 8.05. The molecule has 2 aliphatic rings. The van der Waals surface area contributed by atoms with E-state index in [0.717, 1.165) is 32.1 Å². The number of aliphatic hydroxyl groups is 1. The zero-order valence-electron chi connectivity index (χ0n) is 12.8. The molecule has 6 heteroatoms. The van der Waals surface area contributed by atoms with Crippen LogP contribution >= 0.6 is 0 Å². The van der Waals surface area contributed by atoms with Gasteiger partial charge in [-0.25, -0.2) is 4.79 Å². The van der Waals surface area contributed by atoms with Crippen LogP contribution in [0.4, 0.5) is 4.79 Å². The second-order valence-electron chi connectivity index (χ2n) is 6.32. The molecule has 0 aromatic rings. The Balaban J connectivity index is 1.72. The van der Waals surface area contributed by atoms with E-state index in [9.17, 15) is 9.59 Å². The molecule has 2 fully saturated rings. The number of aliphatic hydroxyl groups excluding tert-OH is 1. The molecule has 0 heterocycles. The molecule has 2 aliphatic carbocycles. The van der Waals surface area contributed by atoms with Gasteiger partial charge in [0.2, 0.25) is 5.91 Å². The van der Waals surface area contributed by atoms with Crippen LogP contribution in [0, 0.1) is 5.92 Å². The van der Waals surface area contributed by atoms with Gasteiger partial charge in [0.1, 0.15) is 0 Å². The van der Waals surface area contributed by atoms with E-state index in [2.05, 4.69) is 17.6 Å². The molecule has 0 spiro atoms. The zero-order valence-corrected chi connectivity index (χ0v) is 12.8. The van der Waals surface area contributed by atoms with Crippen LogP contribution in [0.1, 0.15) is 45.4 Å². The molecule has 2 unspecified atom stereocenters. The number of hydrogen-bond acceptors (Lipinski definition) is 4. The second kappa shape index (κ2) is 7.75. The van der Waals surface area contributed by atoms with E-state index in [4.69, 9.17) is 5.11 Å². The lowest BCUT2D eigenvalue weighted by Crippen LogP contribution is -2.50. The van der Waals surface area contributed by atoms with Gasteiger partial charge in [-0.05, 0) is 31.6 Å². The number of carbonyl (C=O) groups is 2. The van der Waals surface area contributed by atoms with Crippen molar-refractivity contribution in [2.24, 2.45) is 5.92 Å². The van der Waals surface area contributed by atoms with Crippen LogP contribution in [0.15, 0.2) is 0 Å². The largest absolute Gasteiger partial charge is 0.395 e. The van der Waals surface area contributed by atoms with Gasteiger partial charge in [0.05, 0.1) is 13.2 Å². The van der Waals surface area contributed by atoms with Crippen molar-refractivity contribution in [3.63, 3.8) is 0 Å². The SMILES string of the molecule is CC1CCCCC1NC(=O)NC(=O)CN(CCO)C1CC1. The summed E-state index contributed by atoms with van der Waals surface area (Å²) in [5, 5.41) is 14.3. The molecule has 2 rings (SSSR count). The first-order chi connectivity index (χ1) is 10.1. The summed E-state index contributed by atoms with van der Waals surface area (Å²) in [4.78, 5) is 25.7. The van der Waals surface area contributed by atoms with Crippen LogP contribution < -0.4 is 10.6 Å². The van der Waals surface area contributed by atoms with Crippen molar-refractivity contribution in [1.82, 2.24) is 15.5 Å². The van der Waals surface area contributed by atoms with Crippen molar-refractivity contribution >= 4 is 11.9 Å². The summed E-state index contributed by atoms with van der Waals surface area (Å²) in [6.45, 7) is 2.84. The van der Waals surface area contributed by atoms with Crippen LogP contribution in [0.2, 0.25) is 0 Å². The number of nitrogens with zero attached hydrogens (tertiary/aromatic N) is 1. The number of hydrogen-bond donors (Lipinski definition) is 3. The molecule has 0 aromatic carbocycles. The minimum atomic E-state index is -0.390. The maximum absolute atomic E-state index is 11.9. The Morgan fingerprint density at radius 3 is 2.52 bits per heavy atom. The normalized spacial score (nSPS) is 25.7. The smallest absolute Gasteiger partial charge is 0.321 e. The molecule has 0 radical (unpaired) electrons. The Hall–Kier alpha value is -1.14. The van der Waals surface area contributed by atoms with Crippen molar-refractivity contribution in [3.05, 3.63) is 0 Å². The molecule has 0 aliphatic heterocycles. The number of urea groups is 1. The van der Waals surface area contributed by atoms with Crippen molar-refractivity contribution in [2.75, 3.05) is 19.7 Å². The summed E-state index contributed by atoms with van der Waals surface area (Å²) in [6.07, 6.45) is 6.61. The first-order valence-corrected chi connectivity index (χ1v) is 8.05. The summed E-state index contributed by atoms with van der Waals surface area (Å²) < 4.78 is 0. The highest BCUT2D eigenvalue weighted by Crippen LogP contribution is 2.26. The Kier molecular flexibility index (Phi) is 5.99. The Morgan fingerprint density at radius 1 is 1.19 bits per heavy atom. The summed E-state index contributed by atoms with van der Waals surface area (Å²) in [6, 6.07) is 0.173. The number of carbonyl (C=O) groups excluding carboxylic acids is 2. The van der Waals surface area contributed by atoms with Crippen molar-refractivity contribution in [2.45, 2.75) is 57.5 Å². The molecule has 21 heavy (non-hydrogen) atoms. The van der Waals surface area contributed by atoms with Crippen LogP contribution in [-0.2, 0) is 4.79 Å². The lowest BCUT2D eigenvalue weighted by atomic mass is 9.86. The summed E-state index contributed by atoms with van der Waals surface area (Å²) in [5.74, 6) is 0.174. The fraction of sp³-hybridized carbons (Fsp3) is 0.867. The molecule has 2 saturated carbocycles. The van der Waals surface area contributed by atoms with E-state index in [1.54, 1.807) is 0 Å². The summed E-state index contributed by atoms with van der Waals surface area (Å²) in [5.41, 5.74) is 0. The predicted octanol–water partition coefficient (Wildman–Crippen LogP) is 0.848. The monoisotopic (exact) mass is 297 g/mol. The Bertz CT molecular complexity index is 355. The Morgan fingerprint density at radius 2 is 1.90 bits per heavy atom. The third kappa shape index (κ3) is 5.28. The number of nitrogens with one attached hydrogen (secondary N) is 2. The molecule has 0 saturated heterocycles. The summed E-state index contributed by atoms with van der Waals surface area (Å²) >= 11 is 0. The fourth-order valence-electron chi connectivity index (χ4n) is 3.04. The highest BCUT2D eigenvalue weighted by Gasteiger charge is 2.30. The lowest BCUT2D eigenvalue weighted by molar-refractivity contribution is -0.121. The number of imide groups is 1. The van der Waals surface area contributed by atoms with Gasteiger partial charge in [0.25, 0.3) is 0 Å². The van der Waals surface area contributed by atoms with Crippen molar-refractivity contribution < 1.29 is 14.7 Å². The van der Waals surface area contributed by atoms with E-state index in [1.807, 2.05) is 4.90 Å². The van der Waals surface area contributed by atoms with Gasteiger partial charge in [-0.2, -0.15) is 0 Å². The van der Waals surface area contributed by atoms with E-state index in [0.29, 0.717) is 18.5 Å². The second-order valence-corrected chi connectivity index (χ2v) is 6.32. The van der Waals surface area contributed by atoms with Gasteiger partial charge in [-0.1, -0.05) is 19.8 Å². The van der Waals surface area contributed by atoms with Gasteiger partial charge >= 0.3 is 6.03 Å². The summed E-state index contributed by atoms with van der Waals surface area (Å²) in [7, 11) is 0. The number of rotatable bonds is 6. The average molecular weight is 297 g/mol. The minimum Gasteiger partial charge on any atom is -0.395 e. The molecule has 120 valence electrons. The van der Waals surface area contributed by atoms with Crippen molar-refractivity contribution in [3.8, 4) is 0 Å².